The first-order valence-electron chi connectivity index (χ1n) is 12.0. The summed E-state index contributed by atoms with van der Waals surface area (Å²) in [5.74, 6) is 5.04. The van der Waals surface area contributed by atoms with Gasteiger partial charge in [0.05, 0.1) is 16.7 Å². The normalized spacial score (nSPS) is 21.8. The van der Waals surface area contributed by atoms with Crippen molar-refractivity contribution in [1.29, 1.82) is 0 Å². The van der Waals surface area contributed by atoms with E-state index in [2.05, 4.69) is 18.8 Å². The zero-order chi connectivity index (χ0) is 25.2. The summed E-state index contributed by atoms with van der Waals surface area (Å²) < 4.78 is 5.29. The van der Waals surface area contributed by atoms with Crippen LogP contribution in [0.25, 0.3) is 0 Å². The molecule has 1 N–H and O–H groups in total. The molecule has 2 fully saturated rings. The molecular formula is C26H36N2O5S. The lowest BCUT2D eigenvalue weighted by molar-refractivity contribution is -0.145. The molecule has 8 heteroatoms. The first kappa shape index (κ1) is 26.2. The van der Waals surface area contributed by atoms with Crippen LogP contribution in [0.15, 0.2) is 6.07 Å². The number of methoxy groups -OCH3 is 1. The third kappa shape index (κ3) is 6.00. The Kier molecular flexibility index (Phi) is 8.10. The number of ether oxygens (including phenoxy) is 1. The summed E-state index contributed by atoms with van der Waals surface area (Å²) in [6, 6.07) is 0.842. The average molecular weight is 489 g/mol. The number of thiophene rings is 1. The Hall–Kier alpha value is -2.37. The van der Waals surface area contributed by atoms with E-state index >= 15 is 0 Å². The number of carboxylic acids is 1. The summed E-state index contributed by atoms with van der Waals surface area (Å²) in [4.78, 5) is 43.0. The third-order valence-corrected chi connectivity index (χ3v) is 7.59. The molecule has 1 aromatic rings. The second-order valence-electron chi connectivity index (χ2n) is 10.6. The maximum Gasteiger partial charge on any atom is 0.348 e. The summed E-state index contributed by atoms with van der Waals surface area (Å²) in [5, 5.41) is 9.95. The fourth-order valence-corrected chi connectivity index (χ4v) is 5.23. The number of carboxylic acid groups (broad SMARTS) is 1. The minimum Gasteiger partial charge on any atom is -0.477 e. The molecule has 0 bridgehead atoms. The maximum atomic E-state index is 13.8. The molecule has 1 saturated carbocycles. The van der Waals surface area contributed by atoms with Crippen LogP contribution < -0.4 is 4.90 Å². The third-order valence-electron chi connectivity index (χ3n) is 6.57. The van der Waals surface area contributed by atoms with Crippen molar-refractivity contribution in [2.75, 3.05) is 25.1 Å². The highest BCUT2D eigenvalue weighted by Gasteiger charge is 2.40. The van der Waals surface area contributed by atoms with Crippen LogP contribution in [0.5, 0.6) is 0 Å². The van der Waals surface area contributed by atoms with Crippen LogP contribution in [0.4, 0.5) is 5.69 Å². The van der Waals surface area contributed by atoms with Crippen molar-refractivity contribution >= 4 is 34.8 Å². The molecule has 0 aromatic carbocycles. The van der Waals surface area contributed by atoms with Crippen LogP contribution in [0.3, 0.4) is 0 Å². The number of likely N-dealkylation sites (tertiary alicyclic amines) is 1. The van der Waals surface area contributed by atoms with E-state index in [1.54, 1.807) is 25.0 Å². The van der Waals surface area contributed by atoms with Crippen LogP contribution in [-0.2, 0) is 14.3 Å². The van der Waals surface area contributed by atoms with Gasteiger partial charge in [0.1, 0.15) is 10.9 Å². The van der Waals surface area contributed by atoms with Gasteiger partial charge in [-0.25, -0.2) is 4.79 Å². The van der Waals surface area contributed by atoms with Crippen molar-refractivity contribution < 1.29 is 24.2 Å². The summed E-state index contributed by atoms with van der Waals surface area (Å²) in [7, 11) is 1.61. The van der Waals surface area contributed by atoms with Gasteiger partial charge in [-0.05, 0) is 65.4 Å². The molecule has 2 amide bonds. The summed E-state index contributed by atoms with van der Waals surface area (Å²) >= 11 is 1.05. The van der Waals surface area contributed by atoms with E-state index in [1.165, 1.54) is 4.90 Å². The van der Waals surface area contributed by atoms with Gasteiger partial charge in [-0.2, -0.15) is 0 Å². The van der Waals surface area contributed by atoms with E-state index in [-0.39, 0.29) is 39.8 Å². The number of carbonyl (C=O) groups is 3. The molecule has 1 aliphatic heterocycles. The summed E-state index contributed by atoms with van der Waals surface area (Å²) in [6.07, 6.45) is 3.39. The fraction of sp³-hybridized carbons (Fsp3) is 0.654. The van der Waals surface area contributed by atoms with E-state index in [0.29, 0.717) is 23.9 Å². The van der Waals surface area contributed by atoms with Gasteiger partial charge >= 0.3 is 5.97 Å². The van der Waals surface area contributed by atoms with E-state index in [1.807, 2.05) is 20.8 Å². The van der Waals surface area contributed by atoms with Crippen LogP contribution >= 0.6 is 11.3 Å². The molecule has 1 atom stereocenters. The molecule has 7 nitrogen and oxygen atoms in total. The smallest absolute Gasteiger partial charge is 0.348 e. The van der Waals surface area contributed by atoms with Gasteiger partial charge in [0.15, 0.2) is 0 Å². The number of hydrogen-bond acceptors (Lipinski definition) is 5. The van der Waals surface area contributed by atoms with Gasteiger partial charge in [-0.3, -0.25) is 14.5 Å². The Balaban J connectivity index is 1.99. The first-order valence-corrected chi connectivity index (χ1v) is 12.8. The van der Waals surface area contributed by atoms with Gasteiger partial charge in [0, 0.05) is 31.5 Å². The quantitative estimate of drug-likeness (QED) is 0.605. The van der Waals surface area contributed by atoms with Crippen LogP contribution in [0.2, 0.25) is 0 Å². The minimum atomic E-state index is -1.12. The lowest BCUT2D eigenvalue weighted by Gasteiger charge is -2.42. The molecule has 2 aliphatic rings. The van der Waals surface area contributed by atoms with Crippen molar-refractivity contribution in [2.45, 2.75) is 72.4 Å². The highest BCUT2D eigenvalue weighted by Crippen LogP contribution is 2.36. The Morgan fingerprint density at radius 1 is 1.21 bits per heavy atom. The SMILES string of the molecule is COC1CN(C(=O)[C@H](C)N(c2cc(C#CC(C)(C)C)sc2C(=O)O)C(=O)[C@H]2CC[C@H](C)CC2)C1. The Bertz CT molecular complexity index is 985. The second-order valence-corrected chi connectivity index (χ2v) is 11.6. The number of rotatable bonds is 6. The Morgan fingerprint density at radius 3 is 2.35 bits per heavy atom. The Morgan fingerprint density at radius 2 is 1.82 bits per heavy atom. The number of amides is 2. The minimum absolute atomic E-state index is 0.00450. The van der Waals surface area contributed by atoms with Crippen LogP contribution in [0.1, 0.15) is 74.9 Å². The van der Waals surface area contributed by atoms with Crippen molar-refractivity contribution in [3.8, 4) is 11.8 Å². The fourth-order valence-electron chi connectivity index (χ4n) is 4.39. The number of nitrogens with zero attached hydrogens (tertiary/aromatic N) is 2. The molecule has 1 saturated heterocycles. The second kappa shape index (κ2) is 10.5. The lowest BCUT2D eigenvalue weighted by atomic mass is 9.82. The molecule has 0 radical (unpaired) electrons. The number of carbonyl (C=O) groups excluding carboxylic acids is 2. The highest BCUT2D eigenvalue weighted by atomic mass is 32.1. The van der Waals surface area contributed by atoms with Gasteiger partial charge < -0.3 is 14.7 Å². The largest absolute Gasteiger partial charge is 0.477 e. The van der Waals surface area contributed by atoms with Crippen molar-refractivity contribution in [2.24, 2.45) is 17.3 Å². The lowest BCUT2D eigenvalue weighted by Crippen LogP contribution is -2.60. The van der Waals surface area contributed by atoms with Gasteiger partial charge in [0.2, 0.25) is 11.8 Å². The molecule has 2 heterocycles. The van der Waals surface area contributed by atoms with E-state index in [9.17, 15) is 19.5 Å². The highest BCUT2D eigenvalue weighted by molar-refractivity contribution is 7.15. The van der Waals surface area contributed by atoms with Crippen LogP contribution in [0, 0.1) is 29.1 Å². The van der Waals surface area contributed by atoms with Crippen molar-refractivity contribution in [3.05, 3.63) is 15.8 Å². The molecule has 186 valence electrons. The van der Waals surface area contributed by atoms with E-state index < -0.39 is 12.0 Å². The van der Waals surface area contributed by atoms with E-state index in [4.69, 9.17) is 4.74 Å². The maximum absolute atomic E-state index is 13.8. The zero-order valence-electron chi connectivity index (χ0n) is 21.0. The van der Waals surface area contributed by atoms with Gasteiger partial charge in [0.25, 0.3) is 0 Å². The molecule has 0 spiro atoms. The molecule has 3 rings (SSSR count). The molecule has 0 unspecified atom stereocenters. The zero-order valence-corrected chi connectivity index (χ0v) is 21.8. The predicted molar refractivity (Wildman–Crippen MR) is 133 cm³/mol. The van der Waals surface area contributed by atoms with Crippen LogP contribution in [-0.4, -0.2) is 60.1 Å². The monoisotopic (exact) mass is 488 g/mol. The van der Waals surface area contributed by atoms with Crippen molar-refractivity contribution in [1.82, 2.24) is 4.90 Å². The first-order chi connectivity index (χ1) is 15.9. The molecule has 34 heavy (non-hydrogen) atoms. The number of anilines is 1. The predicted octanol–water partition coefficient (Wildman–Crippen LogP) is 4.25. The standard InChI is InChI=1S/C26H36N2O5S/c1-16-7-9-18(10-8-16)24(30)28(17(2)23(29)27-14-19(15-27)33-6)21-13-20(11-12-26(3,4)5)34-22(21)25(31)32/h13,16-19H,7-10,14-15H2,1-6H3,(H,31,32)/t16-,17-,18-/m0/s1. The van der Waals surface area contributed by atoms with Crippen molar-refractivity contribution in [3.63, 3.8) is 0 Å². The summed E-state index contributed by atoms with van der Waals surface area (Å²) in [6.45, 7) is 10.8. The van der Waals surface area contributed by atoms with Gasteiger partial charge in [-0.1, -0.05) is 18.8 Å². The summed E-state index contributed by atoms with van der Waals surface area (Å²) in [5.41, 5.74) is 0.0181. The Labute approximate surface area is 206 Å². The van der Waals surface area contributed by atoms with E-state index in [0.717, 1.165) is 37.0 Å². The number of aromatic carboxylic acids is 1. The van der Waals surface area contributed by atoms with Gasteiger partial charge in [-0.15, -0.1) is 11.3 Å². The molecule has 1 aromatic heterocycles. The molecular weight excluding hydrogens is 452 g/mol. The average Bonchev–Trinajstić information content (AvgIpc) is 3.15. The topological polar surface area (TPSA) is 87.2 Å². The molecule has 1 aliphatic carbocycles. The number of hydrogen-bond donors (Lipinski definition) is 1.